The first kappa shape index (κ1) is 13.7. The molecule has 1 aromatic rings. The van der Waals surface area contributed by atoms with Gasteiger partial charge in [-0.3, -0.25) is 4.21 Å². The van der Waals surface area contributed by atoms with E-state index in [2.05, 4.69) is 4.98 Å². The van der Waals surface area contributed by atoms with Crippen molar-refractivity contribution in [2.45, 2.75) is 43.9 Å². The fourth-order valence-corrected chi connectivity index (χ4v) is 2.22. The molecule has 6 heteroatoms. The van der Waals surface area contributed by atoms with Crippen molar-refractivity contribution in [3.8, 4) is 0 Å². The summed E-state index contributed by atoms with van der Waals surface area (Å²) in [7, 11) is -1.53. The number of pyridine rings is 1. The Labute approximate surface area is 111 Å². The molecule has 1 aliphatic heterocycles. The summed E-state index contributed by atoms with van der Waals surface area (Å²) in [6.45, 7) is 8.03. The lowest BCUT2D eigenvalue weighted by molar-refractivity contribution is 0.00578. The maximum atomic E-state index is 11.4. The van der Waals surface area contributed by atoms with Crippen LogP contribution in [0, 0.1) is 0 Å². The van der Waals surface area contributed by atoms with Crippen molar-refractivity contribution in [3.05, 3.63) is 18.3 Å². The first-order valence-corrected chi connectivity index (χ1v) is 7.44. The van der Waals surface area contributed by atoms with Crippen molar-refractivity contribution in [1.82, 2.24) is 4.98 Å². The lowest BCUT2D eigenvalue weighted by Gasteiger charge is -2.32. The van der Waals surface area contributed by atoms with Gasteiger partial charge in [0, 0.05) is 12.5 Å². The smallest absolute Gasteiger partial charge is 0.399 e. The Morgan fingerprint density at radius 2 is 1.78 bits per heavy atom. The third-order valence-corrected chi connectivity index (χ3v) is 4.39. The maximum Gasteiger partial charge on any atom is 0.494 e. The first-order valence-electron chi connectivity index (χ1n) is 5.88. The molecule has 1 aliphatic rings. The summed E-state index contributed by atoms with van der Waals surface area (Å²) in [5.41, 5.74) is 0.118. The minimum Gasteiger partial charge on any atom is -0.399 e. The van der Waals surface area contributed by atoms with Crippen LogP contribution in [0.1, 0.15) is 27.7 Å². The molecule has 0 saturated carbocycles. The van der Waals surface area contributed by atoms with Gasteiger partial charge in [-0.15, -0.1) is 0 Å². The van der Waals surface area contributed by atoms with Crippen LogP contribution in [0.4, 0.5) is 0 Å². The second-order valence-corrected chi connectivity index (χ2v) is 6.80. The molecule has 1 saturated heterocycles. The lowest BCUT2D eigenvalue weighted by Crippen LogP contribution is -2.41. The van der Waals surface area contributed by atoms with Crippen molar-refractivity contribution in [1.29, 1.82) is 0 Å². The van der Waals surface area contributed by atoms with Crippen LogP contribution in [0.15, 0.2) is 23.4 Å². The molecule has 1 unspecified atom stereocenters. The van der Waals surface area contributed by atoms with Gasteiger partial charge in [0.05, 0.1) is 22.0 Å². The van der Waals surface area contributed by atoms with Crippen LogP contribution in [0.25, 0.3) is 0 Å². The molecule has 98 valence electrons. The Morgan fingerprint density at radius 3 is 2.28 bits per heavy atom. The summed E-state index contributed by atoms with van der Waals surface area (Å²) in [5, 5.41) is 0.544. The maximum absolute atomic E-state index is 11.4. The molecule has 0 spiro atoms. The van der Waals surface area contributed by atoms with Crippen molar-refractivity contribution < 1.29 is 13.5 Å². The van der Waals surface area contributed by atoms with Gasteiger partial charge in [0.25, 0.3) is 0 Å². The van der Waals surface area contributed by atoms with Crippen LogP contribution in [-0.2, 0) is 20.1 Å². The predicted molar refractivity (Wildman–Crippen MR) is 72.3 cm³/mol. The van der Waals surface area contributed by atoms with Gasteiger partial charge in [0.15, 0.2) is 0 Å². The van der Waals surface area contributed by atoms with E-state index in [-0.39, 0.29) is 11.2 Å². The predicted octanol–water partition coefficient (Wildman–Crippen LogP) is 1.12. The van der Waals surface area contributed by atoms with E-state index < -0.39 is 17.9 Å². The van der Waals surface area contributed by atoms with E-state index in [4.69, 9.17) is 9.31 Å². The Kier molecular flexibility index (Phi) is 3.38. The van der Waals surface area contributed by atoms with E-state index in [1.165, 1.54) is 0 Å². The van der Waals surface area contributed by atoms with E-state index >= 15 is 0 Å². The zero-order chi connectivity index (χ0) is 13.6. The quantitative estimate of drug-likeness (QED) is 0.753. The SMILES string of the molecule is CS(=O)c1cc(B2OC(C)(C)C(C)(C)O2)ccn1. The minimum atomic E-state index is -1.10. The number of hydrogen-bond donors (Lipinski definition) is 0. The topological polar surface area (TPSA) is 48.4 Å². The van der Waals surface area contributed by atoms with Crippen LogP contribution in [0.2, 0.25) is 0 Å². The number of hydrogen-bond acceptors (Lipinski definition) is 4. The molecule has 0 amide bonds. The van der Waals surface area contributed by atoms with E-state index in [0.29, 0.717) is 5.03 Å². The van der Waals surface area contributed by atoms with E-state index in [0.717, 1.165) is 5.46 Å². The third-order valence-electron chi connectivity index (χ3n) is 3.58. The zero-order valence-electron chi connectivity index (χ0n) is 11.4. The average Bonchev–Trinajstić information content (AvgIpc) is 2.48. The Bertz CT molecular complexity index is 474. The summed E-state index contributed by atoms with van der Waals surface area (Å²) in [6.07, 6.45) is 3.24. The summed E-state index contributed by atoms with van der Waals surface area (Å²) >= 11 is 0. The van der Waals surface area contributed by atoms with Gasteiger partial charge in [-0.05, 0) is 45.3 Å². The zero-order valence-corrected chi connectivity index (χ0v) is 12.2. The van der Waals surface area contributed by atoms with Crippen molar-refractivity contribution in [3.63, 3.8) is 0 Å². The van der Waals surface area contributed by atoms with Gasteiger partial charge in [0.1, 0.15) is 5.03 Å². The third kappa shape index (κ3) is 2.37. The van der Waals surface area contributed by atoms with Crippen LogP contribution >= 0.6 is 0 Å². The highest BCUT2D eigenvalue weighted by molar-refractivity contribution is 7.84. The lowest BCUT2D eigenvalue weighted by atomic mass is 9.80. The van der Waals surface area contributed by atoms with Gasteiger partial charge in [0.2, 0.25) is 0 Å². The molecule has 18 heavy (non-hydrogen) atoms. The van der Waals surface area contributed by atoms with Crippen molar-refractivity contribution in [2.24, 2.45) is 0 Å². The average molecular weight is 267 g/mol. The highest BCUT2D eigenvalue weighted by atomic mass is 32.2. The van der Waals surface area contributed by atoms with Crippen LogP contribution in [0.3, 0.4) is 0 Å². The van der Waals surface area contributed by atoms with Gasteiger partial charge in [-0.25, -0.2) is 4.98 Å². The number of rotatable bonds is 2. The monoisotopic (exact) mass is 267 g/mol. The van der Waals surface area contributed by atoms with Crippen LogP contribution in [-0.4, -0.2) is 33.8 Å². The molecule has 0 aliphatic carbocycles. The fraction of sp³-hybridized carbons (Fsp3) is 0.583. The molecule has 0 radical (unpaired) electrons. The van der Waals surface area contributed by atoms with E-state index in [9.17, 15) is 4.21 Å². The molecule has 2 heterocycles. The molecular formula is C12H18BNO3S. The standard InChI is InChI=1S/C12H18BNO3S/c1-11(2)12(3,4)17-13(16-11)9-6-7-14-10(8-9)18(5)15/h6-8H,1-5H3. The highest BCUT2D eigenvalue weighted by Gasteiger charge is 2.51. The molecular weight excluding hydrogens is 249 g/mol. The molecule has 1 fully saturated rings. The summed E-state index contributed by atoms with van der Waals surface area (Å²) in [6, 6.07) is 3.61. The van der Waals surface area contributed by atoms with Gasteiger partial charge < -0.3 is 9.31 Å². The molecule has 1 atom stereocenters. The summed E-state index contributed by atoms with van der Waals surface area (Å²) < 4.78 is 23.3. The molecule has 2 rings (SSSR count). The van der Waals surface area contributed by atoms with Crippen LogP contribution in [0.5, 0.6) is 0 Å². The second-order valence-electron chi connectivity index (χ2n) is 5.47. The number of nitrogens with zero attached hydrogens (tertiary/aromatic N) is 1. The fourth-order valence-electron chi connectivity index (χ4n) is 1.71. The summed E-state index contributed by atoms with van der Waals surface area (Å²) in [5.74, 6) is 0. The van der Waals surface area contributed by atoms with Crippen molar-refractivity contribution in [2.75, 3.05) is 6.26 Å². The minimum absolute atomic E-state index is 0.369. The largest absolute Gasteiger partial charge is 0.494 e. The van der Waals surface area contributed by atoms with Gasteiger partial charge in [-0.1, -0.05) is 0 Å². The van der Waals surface area contributed by atoms with Gasteiger partial charge >= 0.3 is 7.12 Å². The van der Waals surface area contributed by atoms with Crippen molar-refractivity contribution >= 4 is 23.4 Å². The summed E-state index contributed by atoms with van der Waals surface area (Å²) in [4.78, 5) is 4.07. The van der Waals surface area contributed by atoms with Crippen LogP contribution < -0.4 is 5.46 Å². The van der Waals surface area contributed by atoms with E-state index in [1.54, 1.807) is 18.5 Å². The van der Waals surface area contributed by atoms with E-state index in [1.807, 2.05) is 33.8 Å². The Balaban J connectivity index is 2.30. The molecule has 1 aromatic heterocycles. The van der Waals surface area contributed by atoms with Gasteiger partial charge in [-0.2, -0.15) is 0 Å². The highest BCUT2D eigenvalue weighted by Crippen LogP contribution is 2.36. The molecule has 0 N–H and O–H groups in total. The molecule has 4 nitrogen and oxygen atoms in total. The normalized spacial score (nSPS) is 23.1. The Morgan fingerprint density at radius 1 is 1.22 bits per heavy atom. The molecule has 0 aromatic carbocycles. The second kappa shape index (κ2) is 4.44. The Hall–Kier alpha value is -0.715. The molecule has 0 bridgehead atoms. The number of aromatic nitrogens is 1. The first-order chi connectivity index (χ1) is 8.23.